The molecule has 1 amide bonds. The Kier molecular flexibility index (Phi) is 5.05. The molecule has 27 heavy (non-hydrogen) atoms. The number of allylic oxidation sites excluding steroid dienone is 1. The number of hydrogen-bond donors (Lipinski definition) is 0. The third-order valence-electron chi connectivity index (χ3n) is 4.25. The molecule has 142 valence electrons. The number of nitrogens with zero attached hydrogens (tertiary/aromatic N) is 3. The lowest BCUT2D eigenvalue weighted by Gasteiger charge is -2.32. The number of para-hydroxylation sites is 1. The van der Waals surface area contributed by atoms with Crippen LogP contribution in [0.2, 0.25) is 0 Å². The molecular formula is C18H19N3O5S. The van der Waals surface area contributed by atoms with Crippen molar-refractivity contribution in [2.75, 3.05) is 0 Å². The van der Waals surface area contributed by atoms with Crippen molar-refractivity contribution in [3.05, 3.63) is 51.2 Å². The number of carbonyl (C=O) groups excluding carboxylic acids is 2. The molecule has 2 atom stereocenters. The first-order valence-electron chi connectivity index (χ1n) is 8.45. The molecule has 0 bridgehead atoms. The molecule has 2 heterocycles. The number of fused-ring (bicyclic) bond motifs is 1. The highest BCUT2D eigenvalue weighted by molar-refractivity contribution is 8.15. The highest BCUT2D eigenvalue weighted by atomic mass is 32.2. The maximum Gasteiger partial charge on any atom is 0.338 e. The van der Waals surface area contributed by atoms with E-state index in [1.54, 1.807) is 45.9 Å². The van der Waals surface area contributed by atoms with Crippen molar-refractivity contribution in [1.29, 1.82) is 0 Å². The summed E-state index contributed by atoms with van der Waals surface area (Å²) in [4.78, 5) is 42.4. The van der Waals surface area contributed by atoms with E-state index in [0.29, 0.717) is 10.9 Å². The highest BCUT2D eigenvalue weighted by Gasteiger charge is 2.48. The normalized spacial score (nSPS) is 22.0. The van der Waals surface area contributed by atoms with Gasteiger partial charge in [-0.2, -0.15) is 0 Å². The number of ether oxygens (including phenoxy) is 1. The fraction of sp³-hybridized carbons (Fsp3) is 0.389. The van der Waals surface area contributed by atoms with Gasteiger partial charge in [0.1, 0.15) is 6.04 Å². The van der Waals surface area contributed by atoms with Gasteiger partial charge >= 0.3 is 5.97 Å². The van der Waals surface area contributed by atoms with Crippen molar-refractivity contribution in [3.8, 4) is 0 Å². The predicted molar refractivity (Wildman–Crippen MR) is 101 cm³/mol. The standard InChI is InChI=1S/C18H19N3O5S/c1-9(2)26-17(23)14-10(3)19-18-20(16(22)11(4)27-18)15(14)12-7-5-6-8-13(12)21(24)25/h5-9,11,15H,1-4H3/t11-,15+/m0/s1. The molecule has 0 unspecified atom stereocenters. The van der Waals surface area contributed by atoms with E-state index < -0.39 is 16.9 Å². The first-order valence-corrected chi connectivity index (χ1v) is 9.33. The lowest BCUT2D eigenvalue weighted by atomic mass is 9.93. The van der Waals surface area contributed by atoms with E-state index in [2.05, 4.69) is 4.99 Å². The lowest BCUT2D eigenvalue weighted by molar-refractivity contribution is -0.385. The number of esters is 1. The number of benzene rings is 1. The summed E-state index contributed by atoms with van der Waals surface area (Å²) in [5.41, 5.74) is 0.631. The predicted octanol–water partition coefficient (Wildman–Crippen LogP) is 3.20. The summed E-state index contributed by atoms with van der Waals surface area (Å²) in [7, 11) is 0. The second kappa shape index (κ2) is 7.15. The Morgan fingerprint density at radius 3 is 2.67 bits per heavy atom. The van der Waals surface area contributed by atoms with Crippen LogP contribution < -0.4 is 0 Å². The fourth-order valence-electron chi connectivity index (χ4n) is 3.12. The van der Waals surface area contributed by atoms with E-state index in [0.717, 1.165) is 0 Å². The van der Waals surface area contributed by atoms with Crippen LogP contribution in [0.4, 0.5) is 5.69 Å². The molecule has 0 aliphatic carbocycles. The third kappa shape index (κ3) is 3.34. The van der Waals surface area contributed by atoms with Crippen molar-refractivity contribution in [2.24, 2.45) is 4.99 Å². The Labute approximate surface area is 160 Å². The summed E-state index contributed by atoms with van der Waals surface area (Å²) in [6.07, 6.45) is -0.378. The van der Waals surface area contributed by atoms with Crippen LogP contribution in [0.15, 0.2) is 40.5 Å². The van der Waals surface area contributed by atoms with Crippen LogP contribution in [0.25, 0.3) is 0 Å². The number of nitro groups is 1. The van der Waals surface area contributed by atoms with Gasteiger partial charge < -0.3 is 4.74 Å². The summed E-state index contributed by atoms with van der Waals surface area (Å²) < 4.78 is 5.34. The lowest BCUT2D eigenvalue weighted by Crippen LogP contribution is -2.41. The molecule has 1 saturated heterocycles. The molecule has 0 spiro atoms. The minimum Gasteiger partial charge on any atom is -0.459 e. The molecule has 2 aliphatic rings. The van der Waals surface area contributed by atoms with Crippen LogP contribution in [0.3, 0.4) is 0 Å². The van der Waals surface area contributed by atoms with Gasteiger partial charge in [-0.05, 0) is 33.8 Å². The van der Waals surface area contributed by atoms with Crippen molar-refractivity contribution < 1.29 is 19.2 Å². The minimum atomic E-state index is -0.949. The molecule has 0 N–H and O–H groups in total. The summed E-state index contributed by atoms with van der Waals surface area (Å²) in [5.74, 6) is -0.880. The van der Waals surface area contributed by atoms with Crippen molar-refractivity contribution in [2.45, 2.75) is 45.1 Å². The van der Waals surface area contributed by atoms with E-state index in [1.165, 1.54) is 22.7 Å². The molecule has 0 radical (unpaired) electrons. The van der Waals surface area contributed by atoms with E-state index in [9.17, 15) is 19.7 Å². The van der Waals surface area contributed by atoms with Gasteiger partial charge in [-0.3, -0.25) is 19.8 Å². The number of amidine groups is 1. The highest BCUT2D eigenvalue weighted by Crippen LogP contribution is 2.45. The number of carbonyl (C=O) groups is 2. The minimum absolute atomic E-state index is 0.143. The number of nitro benzene ring substituents is 1. The SMILES string of the molecule is CC1=C(C(=O)OC(C)C)[C@@H](c2ccccc2[N+](=O)[O-])N2C(=O)[C@H](C)SC2=N1. The largest absolute Gasteiger partial charge is 0.459 e. The zero-order valence-electron chi connectivity index (χ0n) is 15.3. The van der Waals surface area contributed by atoms with Crippen LogP contribution in [-0.2, 0) is 14.3 Å². The number of hydrogen-bond acceptors (Lipinski definition) is 7. The zero-order chi connectivity index (χ0) is 19.9. The Bertz CT molecular complexity index is 893. The number of thioether (sulfide) groups is 1. The molecule has 3 rings (SSSR count). The second-order valence-corrected chi connectivity index (χ2v) is 7.84. The Morgan fingerprint density at radius 1 is 1.37 bits per heavy atom. The van der Waals surface area contributed by atoms with Gasteiger partial charge in [0.15, 0.2) is 5.17 Å². The fourth-order valence-corrected chi connectivity index (χ4v) is 4.15. The summed E-state index contributed by atoms with van der Waals surface area (Å²) >= 11 is 1.27. The van der Waals surface area contributed by atoms with E-state index in [-0.39, 0.29) is 34.1 Å². The van der Waals surface area contributed by atoms with E-state index >= 15 is 0 Å². The van der Waals surface area contributed by atoms with Gasteiger partial charge in [-0.1, -0.05) is 23.9 Å². The molecule has 0 aromatic heterocycles. The van der Waals surface area contributed by atoms with Crippen LogP contribution in [-0.4, -0.2) is 38.2 Å². The average Bonchev–Trinajstić information content (AvgIpc) is 2.86. The summed E-state index contributed by atoms with van der Waals surface area (Å²) in [5, 5.41) is 11.6. The van der Waals surface area contributed by atoms with Gasteiger partial charge in [0.25, 0.3) is 5.69 Å². The number of aliphatic imine (C=N–C) groups is 1. The Balaban J connectivity index is 2.22. The Hall–Kier alpha value is -2.68. The molecule has 1 aromatic rings. The summed E-state index contributed by atoms with van der Waals surface area (Å²) in [6.45, 7) is 6.82. The van der Waals surface area contributed by atoms with Gasteiger partial charge in [0, 0.05) is 6.07 Å². The van der Waals surface area contributed by atoms with Crippen molar-refractivity contribution >= 4 is 34.5 Å². The van der Waals surface area contributed by atoms with Gasteiger partial charge in [0.05, 0.1) is 33.1 Å². The second-order valence-electron chi connectivity index (χ2n) is 6.53. The van der Waals surface area contributed by atoms with Crippen LogP contribution in [0.1, 0.15) is 39.3 Å². The maximum absolute atomic E-state index is 12.8. The first kappa shape index (κ1) is 19.1. The molecule has 1 aromatic carbocycles. The van der Waals surface area contributed by atoms with Crippen LogP contribution in [0, 0.1) is 10.1 Å². The van der Waals surface area contributed by atoms with E-state index in [4.69, 9.17) is 4.74 Å². The quantitative estimate of drug-likeness (QED) is 0.445. The van der Waals surface area contributed by atoms with Crippen molar-refractivity contribution in [3.63, 3.8) is 0 Å². The summed E-state index contributed by atoms with van der Waals surface area (Å²) in [6, 6.07) is 5.16. The van der Waals surface area contributed by atoms with Gasteiger partial charge in [-0.25, -0.2) is 9.79 Å². The molecule has 1 fully saturated rings. The van der Waals surface area contributed by atoms with Crippen LogP contribution >= 0.6 is 11.8 Å². The number of amides is 1. The molecule has 2 aliphatic heterocycles. The molecule has 9 heteroatoms. The number of rotatable bonds is 4. The third-order valence-corrected chi connectivity index (χ3v) is 5.30. The maximum atomic E-state index is 12.8. The topological polar surface area (TPSA) is 102 Å². The smallest absolute Gasteiger partial charge is 0.338 e. The van der Waals surface area contributed by atoms with Gasteiger partial charge in [-0.15, -0.1) is 0 Å². The zero-order valence-corrected chi connectivity index (χ0v) is 16.1. The monoisotopic (exact) mass is 389 g/mol. The van der Waals surface area contributed by atoms with Gasteiger partial charge in [0.2, 0.25) is 5.91 Å². The van der Waals surface area contributed by atoms with Crippen molar-refractivity contribution in [1.82, 2.24) is 4.90 Å². The first-order chi connectivity index (χ1) is 12.7. The van der Waals surface area contributed by atoms with E-state index in [1.807, 2.05) is 0 Å². The molecule has 0 saturated carbocycles. The Morgan fingerprint density at radius 2 is 2.04 bits per heavy atom. The molecular weight excluding hydrogens is 370 g/mol. The van der Waals surface area contributed by atoms with Crippen LogP contribution in [0.5, 0.6) is 0 Å². The average molecular weight is 389 g/mol. The molecule has 8 nitrogen and oxygen atoms in total.